The maximum absolute atomic E-state index is 14.7. The van der Waals surface area contributed by atoms with Crippen LogP contribution in [0.4, 0.5) is 24.8 Å². The lowest BCUT2D eigenvalue weighted by Crippen LogP contribution is -2.30. The number of carbonyl (C=O) groups is 1. The number of benzene rings is 1. The van der Waals surface area contributed by atoms with E-state index in [0.29, 0.717) is 53.9 Å². The third-order valence-corrected chi connectivity index (χ3v) is 9.44. The molecule has 3 aliphatic rings. The Balaban J connectivity index is 1.12. The Bertz CT molecular complexity index is 1890. The molecule has 43 heavy (non-hydrogen) atoms. The van der Waals surface area contributed by atoms with E-state index in [4.69, 9.17) is 14.5 Å². The van der Waals surface area contributed by atoms with Crippen molar-refractivity contribution in [1.29, 1.82) is 0 Å². The molecule has 0 radical (unpaired) electrons. The van der Waals surface area contributed by atoms with Gasteiger partial charge >= 0.3 is 0 Å². The lowest BCUT2D eigenvalue weighted by atomic mass is 10.2. The summed E-state index contributed by atoms with van der Waals surface area (Å²) in [5.41, 5.74) is -0.878. The number of hydrogen-bond acceptors (Lipinski definition) is 9. The van der Waals surface area contributed by atoms with Gasteiger partial charge in [-0.25, -0.2) is 31.6 Å². The number of nitrogens with zero attached hydrogens (tertiary/aromatic N) is 4. The number of rotatable bonds is 5. The van der Waals surface area contributed by atoms with Gasteiger partial charge in [-0.3, -0.25) is 9.78 Å². The zero-order chi connectivity index (χ0) is 29.9. The predicted molar refractivity (Wildman–Crippen MR) is 148 cm³/mol. The summed E-state index contributed by atoms with van der Waals surface area (Å²) >= 11 is 0. The molecule has 10 nitrogen and oxygen atoms in total. The SMILES string of the molecule is O=C(NCc1cc2nc(N3CCOc4ccc([C@H]5C[C@@H]5F)nc43)ccc2cn1)c1cc(F)c2c(c1)S(=O)(=O)[C@@H](F)CCO2. The normalized spacial score (nSPS) is 22.0. The van der Waals surface area contributed by atoms with Crippen LogP contribution in [-0.4, -0.2) is 60.7 Å². The van der Waals surface area contributed by atoms with E-state index in [1.165, 1.54) is 0 Å². The number of ether oxygens (including phenoxy) is 2. The fourth-order valence-corrected chi connectivity index (χ4v) is 6.56. The molecule has 1 fully saturated rings. The molecule has 1 aromatic carbocycles. The van der Waals surface area contributed by atoms with Crippen molar-refractivity contribution in [3.05, 3.63) is 71.4 Å². The van der Waals surface area contributed by atoms with Gasteiger partial charge in [0.25, 0.3) is 5.91 Å². The van der Waals surface area contributed by atoms with Gasteiger partial charge in [0.15, 0.2) is 23.1 Å². The molecule has 0 unspecified atom stereocenters. The van der Waals surface area contributed by atoms with Crippen LogP contribution in [0, 0.1) is 5.82 Å². The molecule has 0 spiro atoms. The molecule has 1 amide bonds. The standard InChI is InChI=1S/C29H24F3N5O5S/c30-19-12-18(19)21-2-3-23-28(36-21)37(6-8-41-23)26-4-1-15-13-33-17(11-22(15)35-26)14-34-29(38)16-9-20(31)27-24(10-16)43(39,40)25(32)5-7-42-27/h1-4,9-11,13,18-19,25H,5-8,12,14H2,(H,34,38)/t18-,19-,25+/m0/s1. The summed E-state index contributed by atoms with van der Waals surface area (Å²) in [7, 11) is -4.53. The monoisotopic (exact) mass is 611 g/mol. The summed E-state index contributed by atoms with van der Waals surface area (Å²) in [6.45, 7) is 0.514. The minimum absolute atomic E-state index is 0.0779. The Morgan fingerprint density at radius 1 is 1.07 bits per heavy atom. The van der Waals surface area contributed by atoms with E-state index in [-0.39, 0.29) is 24.6 Å². The second-order valence-electron chi connectivity index (χ2n) is 10.5. The summed E-state index contributed by atoms with van der Waals surface area (Å²) in [6, 6.07) is 10.7. The second kappa shape index (κ2) is 10.4. The van der Waals surface area contributed by atoms with E-state index in [0.717, 1.165) is 17.5 Å². The van der Waals surface area contributed by atoms with E-state index < -0.39 is 50.3 Å². The molecule has 5 heterocycles. The Labute approximate surface area is 243 Å². The number of sulfone groups is 1. The second-order valence-corrected chi connectivity index (χ2v) is 12.6. The molecule has 1 aliphatic carbocycles. The molecule has 2 aliphatic heterocycles. The van der Waals surface area contributed by atoms with E-state index >= 15 is 0 Å². The van der Waals surface area contributed by atoms with Crippen LogP contribution in [0.1, 0.15) is 40.5 Å². The van der Waals surface area contributed by atoms with Crippen molar-refractivity contribution in [3.8, 4) is 11.5 Å². The van der Waals surface area contributed by atoms with E-state index in [2.05, 4.69) is 15.3 Å². The van der Waals surface area contributed by atoms with Crippen LogP contribution in [0.25, 0.3) is 10.9 Å². The number of nitrogens with one attached hydrogen (secondary N) is 1. The first-order chi connectivity index (χ1) is 20.7. The molecule has 3 aromatic heterocycles. The number of halogens is 3. The van der Waals surface area contributed by atoms with Crippen LogP contribution in [0.5, 0.6) is 11.5 Å². The first-order valence-corrected chi connectivity index (χ1v) is 15.2. The topological polar surface area (TPSA) is 124 Å². The quantitative estimate of drug-likeness (QED) is 0.352. The smallest absolute Gasteiger partial charge is 0.251 e. The Hall–Kier alpha value is -4.46. The van der Waals surface area contributed by atoms with Crippen molar-refractivity contribution < 1.29 is 35.9 Å². The summed E-state index contributed by atoms with van der Waals surface area (Å²) in [6.07, 6.45) is 0.727. The van der Waals surface area contributed by atoms with Gasteiger partial charge in [0, 0.05) is 35.2 Å². The third-order valence-electron chi connectivity index (χ3n) is 7.61. The van der Waals surface area contributed by atoms with Gasteiger partial charge in [0.1, 0.15) is 23.5 Å². The molecule has 222 valence electrons. The number of carbonyl (C=O) groups excluding carboxylic acids is 1. The van der Waals surface area contributed by atoms with Gasteiger partial charge in [-0.05, 0) is 48.9 Å². The van der Waals surface area contributed by atoms with Crippen LogP contribution in [0.15, 0.2) is 53.6 Å². The van der Waals surface area contributed by atoms with Gasteiger partial charge in [0.05, 0.1) is 30.9 Å². The van der Waals surface area contributed by atoms with E-state index in [9.17, 15) is 26.4 Å². The summed E-state index contributed by atoms with van der Waals surface area (Å²) in [5.74, 6) is -0.902. The fourth-order valence-electron chi connectivity index (χ4n) is 5.17. The molecule has 0 saturated heterocycles. The maximum atomic E-state index is 14.7. The molecule has 1 N–H and O–H groups in total. The van der Waals surface area contributed by atoms with Gasteiger partial charge in [-0.2, -0.15) is 0 Å². The van der Waals surface area contributed by atoms with Crippen molar-refractivity contribution in [2.45, 2.75) is 41.9 Å². The lowest BCUT2D eigenvalue weighted by molar-refractivity contribution is 0.0949. The van der Waals surface area contributed by atoms with E-state index in [1.54, 1.807) is 24.4 Å². The van der Waals surface area contributed by atoms with Gasteiger partial charge in [-0.1, -0.05) is 0 Å². The zero-order valence-electron chi connectivity index (χ0n) is 22.5. The maximum Gasteiger partial charge on any atom is 0.251 e. The average Bonchev–Trinajstić information content (AvgIpc) is 3.76. The first-order valence-electron chi connectivity index (χ1n) is 13.6. The largest absolute Gasteiger partial charge is 0.489 e. The molecule has 1 saturated carbocycles. The average molecular weight is 612 g/mol. The summed E-state index contributed by atoms with van der Waals surface area (Å²) in [4.78, 5) is 27.9. The Kier molecular flexibility index (Phi) is 6.60. The molecule has 7 rings (SSSR count). The molecule has 4 aromatic rings. The fraction of sp³-hybridized carbons (Fsp3) is 0.310. The van der Waals surface area contributed by atoms with Crippen molar-refractivity contribution in [2.75, 3.05) is 24.7 Å². The number of fused-ring (bicyclic) bond motifs is 3. The highest BCUT2D eigenvalue weighted by molar-refractivity contribution is 7.92. The molecule has 0 bridgehead atoms. The number of aromatic nitrogens is 3. The van der Waals surface area contributed by atoms with E-state index in [1.807, 2.05) is 17.0 Å². The van der Waals surface area contributed by atoms with Crippen LogP contribution in [0.2, 0.25) is 0 Å². The minimum Gasteiger partial charge on any atom is -0.489 e. The van der Waals surface area contributed by atoms with Crippen LogP contribution in [0.3, 0.4) is 0 Å². The predicted octanol–water partition coefficient (Wildman–Crippen LogP) is 4.30. The van der Waals surface area contributed by atoms with Crippen molar-refractivity contribution in [1.82, 2.24) is 20.3 Å². The summed E-state index contributed by atoms with van der Waals surface area (Å²) < 4.78 is 78.5. The van der Waals surface area contributed by atoms with Crippen LogP contribution in [-0.2, 0) is 16.4 Å². The van der Waals surface area contributed by atoms with Crippen molar-refractivity contribution >= 4 is 38.3 Å². The van der Waals surface area contributed by atoms with Crippen molar-refractivity contribution in [2.24, 2.45) is 0 Å². The third kappa shape index (κ3) is 4.98. The molecular weight excluding hydrogens is 587 g/mol. The zero-order valence-corrected chi connectivity index (χ0v) is 23.3. The number of pyridine rings is 3. The van der Waals surface area contributed by atoms with Crippen LogP contribution < -0.4 is 19.7 Å². The number of amides is 1. The molecular formula is C29H24F3N5O5S. The minimum atomic E-state index is -4.53. The van der Waals surface area contributed by atoms with Crippen molar-refractivity contribution in [3.63, 3.8) is 0 Å². The van der Waals surface area contributed by atoms with Gasteiger partial charge in [0.2, 0.25) is 15.3 Å². The summed E-state index contributed by atoms with van der Waals surface area (Å²) in [5, 5.41) is 3.33. The molecule has 14 heteroatoms. The highest BCUT2D eigenvalue weighted by Gasteiger charge is 2.41. The molecule has 3 atom stereocenters. The number of alkyl halides is 2. The van der Waals surface area contributed by atoms with Crippen LogP contribution >= 0.6 is 0 Å². The highest BCUT2D eigenvalue weighted by Crippen LogP contribution is 2.45. The number of hydrogen-bond donors (Lipinski definition) is 1. The van der Waals surface area contributed by atoms with Gasteiger partial charge in [-0.15, -0.1) is 0 Å². The Morgan fingerprint density at radius 3 is 2.72 bits per heavy atom. The highest BCUT2D eigenvalue weighted by atomic mass is 32.2. The first kappa shape index (κ1) is 27.4. The number of anilines is 2. The lowest BCUT2D eigenvalue weighted by Gasteiger charge is -2.29. The Morgan fingerprint density at radius 2 is 1.91 bits per heavy atom. The van der Waals surface area contributed by atoms with Gasteiger partial charge < -0.3 is 19.7 Å².